The van der Waals surface area contributed by atoms with Crippen molar-refractivity contribution in [2.75, 3.05) is 11.9 Å². The number of fused-ring (bicyclic) bond motifs is 1. The summed E-state index contributed by atoms with van der Waals surface area (Å²) in [5, 5.41) is 7.47. The third-order valence-electron chi connectivity index (χ3n) is 5.73. The molecule has 0 spiro atoms. The summed E-state index contributed by atoms with van der Waals surface area (Å²) in [4.78, 5) is 33.1. The molecule has 0 atom stereocenters. The Labute approximate surface area is 195 Å². The van der Waals surface area contributed by atoms with Gasteiger partial charge in [0.05, 0.1) is 25.0 Å². The van der Waals surface area contributed by atoms with Crippen LogP contribution in [0.15, 0.2) is 57.9 Å². The quantitative estimate of drug-likeness (QED) is 0.436. The molecule has 3 aromatic heterocycles. The van der Waals surface area contributed by atoms with Crippen molar-refractivity contribution in [1.82, 2.24) is 19.7 Å². The van der Waals surface area contributed by atoms with Crippen LogP contribution in [-0.2, 0) is 24.1 Å². The van der Waals surface area contributed by atoms with Crippen molar-refractivity contribution in [3.8, 4) is 23.2 Å². The molecule has 1 amide bonds. The van der Waals surface area contributed by atoms with Crippen LogP contribution in [0.1, 0.15) is 36.6 Å². The molecule has 3 heterocycles. The summed E-state index contributed by atoms with van der Waals surface area (Å²) in [6.07, 6.45) is 5.16. The molecule has 0 saturated heterocycles. The maximum absolute atomic E-state index is 12.9. The molecule has 0 radical (unpaired) electrons. The summed E-state index contributed by atoms with van der Waals surface area (Å²) in [7, 11) is 0. The Balaban J connectivity index is 1.45. The van der Waals surface area contributed by atoms with E-state index in [-0.39, 0.29) is 23.8 Å². The molecule has 0 bridgehead atoms. The monoisotopic (exact) mass is 459 g/mol. The third-order valence-corrected chi connectivity index (χ3v) is 5.73. The number of H-pyrrole nitrogens is 1. The topological polar surface area (TPSA) is 115 Å². The number of nitrogens with one attached hydrogen (secondary N) is 2. The summed E-state index contributed by atoms with van der Waals surface area (Å²) < 4.78 is 12.4. The van der Waals surface area contributed by atoms with Crippen molar-refractivity contribution in [2.24, 2.45) is 0 Å². The van der Waals surface area contributed by atoms with E-state index < -0.39 is 0 Å². The number of hydrogen-bond acceptors (Lipinski definition) is 6. The molecule has 1 aromatic carbocycles. The number of ether oxygens (including phenoxy) is 1. The van der Waals surface area contributed by atoms with Gasteiger partial charge in [-0.15, -0.1) is 0 Å². The molecule has 34 heavy (non-hydrogen) atoms. The number of aromatic amines is 1. The highest BCUT2D eigenvalue weighted by atomic mass is 16.5. The molecular weight excluding hydrogens is 434 g/mol. The largest absolute Gasteiger partial charge is 0.494 e. The van der Waals surface area contributed by atoms with Gasteiger partial charge in [-0.2, -0.15) is 9.78 Å². The zero-order chi connectivity index (χ0) is 23.5. The Morgan fingerprint density at radius 1 is 1.21 bits per heavy atom. The second-order valence-corrected chi connectivity index (χ2v) is 8.13. The van der Waals surface area contributed by atoms with E-state index in [1.807, 2.05) is 31.2 Å². The second-order valence-electron chi connectivity index (χ2n) is 8.13. The Bertz CT molecular complexity index is 1350. The van der Waals surface area contributed by atoms with Gasteiger partial charge in [0.25, 0.3) is 5.56 Å². The second kappa shape index (κ2) is 9.38. The number of aromatic nitrogens is 4. The van der Waals surface area contributed by atoms with Gasteiger partial charge in [-0.05, 0) is 62.4 Å². The smallest absolute Gasteiger partial charge is 0.255 e. The first-order valence-electron chi connectivity index (χ1n) is 11.4. The van der Waals surface area contributed by atoms with Gasteiger partial charge in [-0.1, -0.05) is 12.1 Å². The van der Waals surface area contributed by atoms with Crippen LogP contribution in [0, 0.1) is 0 Å². The van der Waals surface area contributed by atoms with Crippen LogP contribution in [0.5, 0.6) is 5.75 Å². The fourth-order valence-electron chi connectivity index (χ4n) is 4.11. The molecule has 0 fully saturated rings. The zero-order valence-electron chi connectivity index (χ0n) is 18.8. The summed E-state index contributed by atoms with van der Waals surface area (Å²) in [6.45, 7) is 2.51. The summed E-state index contributed by atoms with van der Waals surface area (Å²) >= 11 is 0. The molecule has 2 N–H and O–H groups in total. The van der Waals surface area contributed by atoms with Crippen molar-refractivity contribution in [2.45, 2.75) is 39.0 Å². The summed E-state index contributed by atoms with van der Waals surface area (Å²) in [6, 6.07) is 12.6. The van der Waals surface area contributed by atoms with Gasteiger partial charge in [0.2, 0.25) is 11.9 Å². The van der Waals surface area contributed by atoms with Crippen molar-refractivity contribution in [3.63, 3.8) is 0 Å². The van der Waals surface area contributed by atoms with Crippen molar-refractivity contribution >= 4 is 11.7 Å². The number of hydrogen-bond donors (Lipinski definition) is 2. The Kier molecular flexibility index (Phi) is 5.99. The molecule has 5 rings (SSSR count). The van der Waals surface area contributed by atoms with E-state index >= 15 is 0 Å². The van der Waals surface area contributed by atoms with E-state index in [0.29, 0.717) is 23.9 Å². The number of aryl methyl sites for hydroxylation is 1. The lowest BCUT2D eigenvalue weighted by molar-refractivity contribution is -0.115. The highest BCUT2D eigenvalue weighted by molar-refractivity contribution is 5.92. The molecule has 1 aliphatic carbocycles. The number of carbonyl (C=O) groups is 1. The number of anilines is 1. The highest BCUT2D eigenvalue weighted by Gasteiger charge is 2.20. The van der Waals surface area contributed by atoms with Gasteiger partial charge in [0, 0.05) is 11.6 Å². The predicted molar refractivity (Wildman–Crippen MR) is 126 cm³/mol. The number of rotatable bonds is 7. The summed E-state index contributed by atoms with van der Waals surface area (Å²) in [5.41, 5.74) is 2.71. The van der Waals surface area contributed by atoms with Gasteiger partial charge in [0.1, 0.15) is 17.3 Å². The van der Waals surface area contributed by atoms with Crippen molar-refractivity contribution in [3.05, 3.63) is 75.9 Å². The molecule has 4 aromatic rings. The Hall–Kier alpha value is -4.14. The van der Waals surface area contributed by atoms with Crippen LogP contribution >= 0.6 is 0 Å². The average molecular weight is 460 g/mol. The standard InChI is InChI=1S/C25H25N5O4/c1-2-33-17-11-9-16(10-12-17)14-23(31)27-22-15-20(21-8-5-13-34-21)29-30(22)25-26-19-7-4-3-6-18(19)24(32)28-25/h5,8-13,15H,2-4,6-7,14H2,1H3,(H,27,31)(H,26,28,32). The number of amides is 1. The molecular formula is C25H25N5O4. The van der Waals surface area contributed by atoms with E-state index in [1.165, 1.54) is 4.68 Å². The van der Waals surface area contributed by atoms with E-state index in [2.05, 4.69) is 20.4 Å². The Morgan fingerprint density at radius 3 is 2.79 bits per heavy atom. The fraction of sp³-hybridized carbons (Fsp3) is 0.280. The maximum Gasteiger partial charge on any atom is 0.255 e. The average Bonchev–Trinajstić information content (AvgIpc) is 3.51. The van der Waals surface area contributed by atoms with Gasteiger partial charge in [-0.25, -0.2) is 4.98 Å². The molecule has 9 heteroatoms. The molecule has 0 aliphatic heterocycles. The third kappa shape index (κ3) is 4.50. The fourth-order valence-corrected chi connectivity index (χ4v) is 4.11. The first-order chi connectivity index (χ1) is 16.6. The molecule has 9 nitrogen and oxygen atoms in total. The highest BCUT2D eigenvalue weighted by Crippen LogP contribution is 2.25. The Morgan fingerprint density at radius 2 is 2.03 bits per heavy atom. The minimum absolute atomic E-state index is 0.165. The lowest BCUT2D eigenvalue weighted by Crippen LogP contribution is -2.25. The lowest BCUT2D eigenvalue weighted by atomic mass is 9.97. The maximum atomic E-state index is 12.9. The predicted octanol–water partition coefficient (Wildman–Crippen LogP) is 3.67. The van der Waals surface area contributed by atoms with E-state index in [9.17, 15) is 9.59 Å². The number of benzene rings is 1. The zero-order valence-corrected chi connectivity index (χ0v) is 18.8. The van der Waals surface area contributed by atoms with Gasteiger partial charge in [-0.3, -0.25) is 14.6 Å². The van der Waals surface area contributed by atoms with Gasteiger partial charge in [0.15, 0.2) is 5.76 Å². The van der Waals surface area contributed by atoms with Gasteiger partial charge >= 0.3 is 0 Å². The van der Waals surface area contributed by atoms with Crippen LogP contribution < -0.4 is 15.6 Å². The van der Waals surface area contributed by atoms with E-state index in [0.717, 1.165) is 48.3 Å². The van der Waals surface area contributed by atoms with Crippen LogP contribution in [0.25, 0.3) is 17.4 Å². The van der Waals surface area contributed by atoms with E-state index in [1.54, 1.807) is 24.5 Å². The van der Waals surface area contributed by atoms with Crippen molar-refractivity contribution in [1.29, 1.82) is 0 Å². The van der Waals surface area contributed by atoms with Crippen molar-refractivity contribution < 1.29 is 13.9 Å². The minimum Gasteiger partial charge on any atom is -0.494 e. The number of furan rings is 1. The number of carbonyl (C=O) groups excluding carboxylic acids is 1. The van der Waals surface area contributed by atoms with Crippen LogP contribution in [0.2, 0.25) is 0 Å². The molecule has 0 unspecified atom stereocenters. The van der Waals surface area contributed by atoms with Crippen LogP contribution in [0.3, 0.4) is 0 Å². The van der Waals surface area contributed by atoms with Crippen LogP contribution in [0.4, 0.5) is 5.82 Å². The SMILES string of the molecule is CCOc1ccc(CC(=O)Nc2cc(-c3ccco3)nn2-c2nc3c(c(=O)[nH]2)CCCC3)cc1. The first-order valence-corrected chi connectivity index (χ1v) is 11.4. The van der Waals surface area contributed by atoms with Gasteiger partial charge < -0.3 is 14.5 Å². The molecule has 1 aliphatic rings. The minimum atomic E-state index is -0.225. The summed E-state index contributed by atoms with van der Waals surface area (Å²) in [5.74, 6) is 1.73. The van der Waals surface area contributed by atoms with E-state index in [4.69, 9.17) is 9.15 Å². The number of nitrogens with zero attached hydrogens (tertiary/aromatic N) is 3. The normalized spacial score (nSPS) is 12.9. The van der Waals surface area contributed by atoms with Crippen LogP contribution in [-0.4, -0.2) is 32.3 Å². The molecule has 174 valence electrons. The molecule has 0 saturated carbocycles. The first kappa shape index (κ1) is 21.7. The lowest BCUT2D eigenvalue weighted by Gasteiger charge is -2.15.